The molecule has 3 unspecified atom stereocenters. The predicted octanol–water partition coefficient (Wildman–Crippen LogP) is 2.53. The number of nitrogens with zero attached hydrogens (tertiary/aromatic N) is 1. The van der Waals surface area contributed by atoms with Crippen molar-refractivity contribution >= 4 is 0 Å². The van der Waals surface area contributed by atoms with Crippen molar-refractivity contribution in [1.82, 2.24) is 10.3 Å². The van der Waals surface area contributed by atoms with E-state index in [4.69, 9.17) is 0 Å². The van der Waals surface area contributed by atoms with Crippen LogP contribution >= 0.6 is 0 Å². The summed E-state index contributed by atoms with van der Waals surface area (Å²) in [7, 11) is 0. The fraction of sp³-hybridized carbons (Fsp3) is 0.583. The van der Waals surface area contributed by atoms with E-state index in [2.05, 4.69) is 30.2 Å². The lowest BCUT2D eigenvalue weighted by molar-refractivity contribution is 0.213. The largest absolute Gasteiger partial charge is 0.306 e. The monoisotopic (exact) mass is 190 g/mol. The molecule has 1 aliphatic rings. The highest BCUT2D eigenvalue weighted by Gasteiger charge is 2.27. The predicted molar refractivity (Wildman–Crippen MR) is 58.0 cm³/mol. The van der Waals surface area contributed by atoms with Gasteiger partial charge in [0.25, 0.3) is 0 Å². The van der Waals surface area contributed by atoms with Crippen LogP contribution in [0.1, 0.15) is 38.4 Å². The first-order chi connectivity index (χ1) is 6.77. The van der Waals surface area contributed by atoms with Gasteiger partial charge in [0.1, 0.15) is 0 Å². The minimum absolute atomic E-state index is 0.379. The SMILES string of the molecule is CC(NC1CCC1C)c1ccccn1. The van der Waals surface area contributed by atoms with E-state index in [0.29, 0.717) is 12.1 Å². The lowest BCUT2D eigenvalue weighted by atomic mass is 9.81. The third-order valence-electron chi connectivity index (χ3n) is 3.22. The molecule has 76 valence electrons. The van der Waals surface area contributed by atoms with Gasteiger partial charge in [0, 0.05) is 18.3 Å². The van der Waals surface area contributed by atoms with Gasteiger partial charge in [0.05, 0.1) is 5.69 Å². The zero-order valence-corrected chi connectivity index (χ0v) is 8.90. The van der Waals surface area contributed by atoms with E-state index in [9.17, 15) is 0 Å². The first-order valence-corrected chi connectivity index (χ1v) is 5.44. The molecule has 0 aliphatic heterocycles. The van der Waals surface area contributed by atoms with Crippen molar-refractivity contribution in [1.29, 1.82) is 0 Å². The Balaban J connectivity index is 1.92. The van der Waals surface area contributed by atoms with Gasteiger partial charge in [-0.2, -0.15) is 0 Å². The van der Waals surface area contributed by atoms with Crippen LogP contribution in [0, 0.1) is 5.92 Å². The number of aromatic nitrogens is 1. The van der Waals surface area contributed by atoms with Gasteiger partial charge in [0.15, 0.2) is 0 Å². The zero-order chi connectivity index (χ0) is 9.97. The highest BCUT2D eigenvalue weighted by molar-refractivity contribution is 5.08. The Morgan fingerprint density at radius 2 is 2.29 bits per heavy atom. The molecule has 0 radical (unpaired) electrons. The first kappa shape index (κ1) is 9.66. The van der Waals surface area contributed by atoms with Crippen molar-refractivity contribution in [3.63, 3.8) is 0 Å². The maximum absolute atomic E-state index is 4.35. The normalized spacial score (nSPS) is 28.1. The molecule has 0 saturated heterocycles. The molecule has 1 heterocycles. The topological polar surface area (TPSA) is 24.9 Å². The summed E-state index contributed by atoms with van der Waals surface area (Å²) < 4.78 is 0. The molecule has 2 rings (SSSR count). The van der Waals surface area contributed by atoms with Crippen LogP contribution in [0.25, 0.3) is 0 Å². The van der Waals surface area contributed by atoms with Crippen LogP contribution in [-0.4, -0.2) is 11.0 Å². The Labute approximate surface area is 85.7 Å². The standard InChI is InChI=1S/C12H18N2/c1-9-6-7-11(9)14-10(2)12-5-3-4-8-13-12/h3-5,8-11,14H,6-7H2,1-2H3. The molecule has 2 heteroatoms. The van der Waals surface area contributed by atoms with Gasteiger partial charge in [-0.3, -0.25) is 4.98 Å². The number of rotatable bonds is 3. The van der Waals surface area contributed by atoms with Crippen LogP contribution < -0.4 is 5.32 Å². The summed E-state index contributed by atoms with van der Waals surface area (Å²) in [4.78, 5) is 4.35. The van der Waals surface area contributed by atoms with Crippen LogP contribution in [-0.2, 0) is 0 Å². The van der Waals surface area contributed by atoms with Crippen molar-refractivity contribution in [2.45, 2.75) is 38.8 Å². The quantitative estimate of drug-likeness (QED) is 0.792. The van der Waals surface area contributed by atoms with Gasteiger partial charge in [0.2, 0.25) is 0 Å². The lowest BCUT2D eigenvalue weighted by Gasteiger charge is -2.36. The van der Waals surface area contributed by atoms with Gasteiger partial charge in [-0.1, -0.05) is 13.0 Å². The van der Waals surface area contributed by atoms with Gasteiger partial charge >= 0.3 is 0 Å². The van der Waals surface area contributed by atoms with Crippen molar-refractivity contribution in [3.8, 4) is 0 Å². The minimum Gasteiger partial charge on any atom is -0.306 e. The van der Waals surface area contributed by atoms with Crippen LogP contribution in [0.4, 0.5) is 0 Å². The average Bonchev–Trinajstić information content (AvgIpc) is 2.24. The fourth-order valence-corrected chi connectivity index (χ4v) is 1.95. The zero-order valence-electron chi connectivity index (χ0n) is 8.90. The molecule has 1 N–H and O–H groups in total. The van der Waals surface area contributed by atoms with E-state index in [0.717, 1.165) is 11.6 Å². The Kier molecular flexibility index (Phi) is 2.82. The Morgan fingerprint density at radius 3 is 2.79 bits per heavy atom. The number of hydrogen-bond acceptors (Lipinski definition) is 2. The molecule has 3 atom stereocenters. The Hall–Kier alpha value is -0.890. The van der Waals surface area contributed by atoms with Gasteiger partial charge in [-0.15, -0.1) is 0 Å². The van der Waals surface area contributed by atoms with E-state index in [-0.39, 0.29) is 0 Å². The first-order valence-electron chi connectivity index (χ1n) is 5.44. The van der Waals surface area contributed by atoms with E-state index >= 15 is 0 Å². The van der Waals surface area contributed by atoms with Gasteiger partial charge in [-0.25, -0.2) is 0 Å². The summed E-state index contributed by atoms with van der Waals surface area (Å²) in [6.45, 7) is 4.50. The van der Waals surface area contributed by atoms with E-state index in [1.54, 1.807) is 0 Å². The van der Waals surface area contributed by atoms with Crippen LogP contribution in [0.3, 0.4) is 0 Å². The second-order valence-electron chi connectivity index (χ2n) is 4.30. The maximum atomic E-state index is 4.35. The van der Waals surface area contributed by atoms with Crippen LogP contribution in [0.2, 0.25) is 0 Å². The summed E-state index contributed by atoms with van der Waals surface area (Å²) >= 11 is 0. The van der Waals surface area contributed by atoms with E-state index < -0.39 is 0 Å². The molecule has 1 aromatic rings. The third kappa shape index (κ3) is 1.95. The molecule has 1 aromatic heterocycles. The Bertz CT molecular complexity index is 284. The summed E-state index contributed by atoms with van der Waals surface area (Å²) in [5, 5.41) is 3.62. The molecule has 1 aliphatic carbocycles. The molecule has 0 aromatic carbocycles. The summed E-state index contributed by atoms with van der Waals surface area (Å²) in [6, 6.07) is 7.17. The molecule has 0 spiro atoms. The number of nitrogens with one attached hydrogen (secondary N) is 1. The third-order valence-corrected chi connectivity index (χ3v) is 3.22. The molecule has 1 saturated carbocycles. The molecular weight excluding hydrogens is 172 g/mol. The van der Waals surface area contributed by atoms with Crippen LogP contribution in [0.15, 0.2) is 24.4 Å². The molecule has 14 heavy (non-hydrogen) atoms. The number of hydrogen-bond donors (Lipinski definition) is 1. The van der Waals surface area contributed by atoms with Crippen molar-refractivity contribution in [2.75, 3.05) is 0 Å². The smallest absolute Gasteiger partial charge is 0.0570 e. The van der Waals surface area contributed by atoms with Crippen molar-refractivity contribution in [2.24, 2.45) is 5.92 Å². The summed E-state index contributed by atoms with van der Waals surface area (Å²) in [5.74, 6) is 0.834. The second-order valence-corrected chi connectivity index (χ2v) is 4.30. The van der Waals surface area contributed by atoms with Crippen LogP contribution in [0.5, 0.6) is 0 Å². The summed E-state index contributed by atoms with van der Waals surface area (Å²) in [5.41, 5.74) is 1.15. The fourth-order valence-electron chi connectivity index (χ4n) is 1.95. The molecule has 0 amide bonds. The number of pyridine rings is 1. The summed E-state index contributed by atoms with van der Waals surface area (Å²) in [6.07, 6.45) is 4.54. The Morgan fingerprint density at radius 1 is 1.43 bits per heavy atom. The maximum Gasteiger partial charge on any atom is 0.0570 e. The highest BCUT2D eigenvalue weighted by atomic mass is 15.0. The average molecular weight is 190 g/mol. The van der Waals surface area contributed by atoms with E-state index in [1.807, 2.05) is 18.3 Å². The van der Waals surface area contributed by atoms with Crippen molar-refractivity contribution in [3.05, 3.63) is 30.1 Å². The minimum atomic E-state index is 0.379. The molecule has 1 fully saturated rings. The van der Waals surface area contributed by atoms with E-state index in [1.165, 1.54) is 12.8 Å². The molecular formula is C12H18N2. The van der Waals surface area contributed by atoms with Gasteiger partial charge < -0.3 is 5.32 Å². The second kappa shape index (κ2) is 4.09. The lowest BCUT2D eigenvalue weighted by Crippen LogP contribution is -2.43. The molecule has 2 nitrogen and oxygen atoms in total. The van der Waals surface area contributed by atoms with Gasteiger partial charge in [-0.05, 0) is 37.8 Å². The molecule has 0 bridgehead atoms. The van der Waals surface area contributed by atoms with Crippen molar-refractivity contribution < 1.29 is 0 Å². The highest BCUT2D eigenvalue weighted by Crippen LogP contribution is 2.28.